The van der Waals surface area contributed by atoms with Crippen molar-refractivity contribution in [2.24, 2.45) is 0 Å². The van der Waals surface area contributed by atoms with Crippen LogP contribution in [0.4, 0.5) is 5.69 Å². The lowest BCUT2D eigenvalue weighted by molar-refractivity contribution is -0.119. The minimum atomic E-state index is -0.613. The van der Waals surface area contributed by atoms with Crippen molar-refractivity contribution in [1.29, 1.82) is 0 Å². The number of esters is 1. The summed E-state index contributed by atoms with van der Waals surface area (Å²) in [4.78, 5) is 35.5. The Hall–Kier alpha value is -2.47. The molecule has 1 N–H and O–H groups in total. The maximum absolute atomic E-state index is 11.8. The third-order valence-electron chi connectivity index (χ3n) is 2.91. The first-order chi connectivity index (χ1) is 10.5. The molecule has 2 rings (SSSR count). The molecule has 0 aliphatic heterocycles. The van der Waals surface area contributed by atoms with Crippen molar-refractivity contribution >= 4 is 34.7 Å². The van der Waals surface area contributed by atoms with E-state index in [-0.39, 0.29) is 12.4 Å². The van der Waals surface area contributed by atoms with Gasteiger partial charge in [0, 0.05) is 5.69 Å². The Morgan fingerprint density at radius 2 is 1.77 bits per heavy atom. The Bertz CT molecular complexity index is 720. The predicted molar refractivity (Wildman–Crippen MR) is 84.4 cm³/mol. The molecule has 0 aliphatic rings. The predicted octanol–water partition coefficient (Wildman–Crippen LogP) is 3.05. The van der Waals surface area contributed by atoms with Crippen molar-refractivity contribution in [1.82, 2.24) is 0 Å². The number of ketones is 1. The number of Topliss-reactive ketones (excluding diaryl/α,β-unsaturated/α-hetero) is 1. The summed E-state index contributed by atoms with van der Waals surface area (Å²) < 4.78 is 4.94. The van der Waals surface area contributed by atoms with E-state index in [0.29, 0.717) is 15.4 Å². The first-order valence-electron chi connectivity index (χ1n) is 6.61. The molecule has 2 aromatic rings. The highest BCUT2D eigenvalue weighted by Crippen LogP contribution is 2.18. The number of hydrogen-bond donors (Lipinski definition) is 1. The number of benzene rings is 1. The molecule has 0 radical (unpaired) electrons. The average molecular weight is 317 g/mol. The third kappa shape index (κ3) is 4.02. The number of hydrogen-bond acceptors (Lipinski definition) is 5. The van der Waals surface area contributed by atoms with Crippen molar-refractivity contribution in [3.05, 3.63) is 51.7 Å². The first-order valence-corrected chi connectivity index (χ1v) is 7.42. The van der Waals surface area contributed by atoms with Gasteiger partial charge in [-0.05, 0) is 37.6 Å². The van der Waals surface area contributed by atoms with Crippen molar-refractivity contribution in [2.75, 3.05) is 11.9 Å². The summed E-state index contributed by atoms with van der Waals surface area (Å²) in [6.07, 6.45) is 0. The number of anilines is 1. The maximum Gasteiger partial charge on any atom is 0.348 e. The van der Waals surface area contributed by atoms with Gasteiger partial charge in [0.2, 0.25) is 0 Å². The molecule has 0 saturated carbocycles. The molecular weight excluding hydrogens is 302 g/mol. The van der Waals surface area contributed by atoms with Gasteiger partial charge in [0.25, 0.3) is 5.91 Å². The van der Waals surface area contributed by atoms with E-state index in [0.717, 1.165) is 16.9 Å². The van der Waals surface area contributed by atoms with E-state index in [1.54, 1.807) is 12.1 Å². The van der Waals surface area contributed by atoms with Crippen molar-refractivity contribution < 1.29 is 19.1 Å². The normalized spacial score (nSPS) is 10.1. The van der Waals surface area contributed by atoms with Crippen LogP contribution in [0.15, 0.2) is 36.4 Å². The number of carbonyl (C=O) groups excluding carboxylic acids is 3. The summed E-state index contributed by atoms with van der Waals surface area (Å²) in [7, 11) is 0. The molecule has 114 valence electrons. The van der Waals surface area contributed by atoms with Gasteiger partial charge in [-0.25, -0.2) is 4.79 Å². The Morgan fingerprint density at radius 3 is 2.41 bits per heavy atom. The lowest BCUT2D eigenvalue weighted by Gasteiger charge is -2.08. The van der Waals surface area contributed by atoms with Gasteiger partial charge in [-0.1, -0.05) is 18.2 Å². The van der Waals surface area contributed by atoms with Gasteiger partial charge in [-0.3, -0.25) is 9.59 Å². The number of thiophene rings is 1. The molecule has 0 saturated heterocycles. The first kappa shape index (κ1) is 15.9. The van der Waals surface area contributed by atoms with Crippen LogP contribution in [0.1, 0.15) is 31.8 Å². The topological polar surface area (TPSA) is 72.5 Å². The SMILES string of the molecule is CC(=O)c1ccc(C(=O)OCC(=O)Nc2ccccc2C)s1. The monoisotopic (exact) mass is 317 g/mol. The molecule has 6 heteroatoms. The fourth-order valence-electron chi connectivity index (χ4n) is 1.74. The second-order valence-electron chi connectivity index (χ2n) is 4.66. The largest absolute Gasteiger partial charge is 0.451 e. The van der Waals surface area contributed by atoms with Crippen LogP contribution in [-0.2, 0) is 9.53 Å². The van der Waals surface area contributed by atoms with Crippen LogP contribution in [0.3, 0.4) is 0 Å². The van der Waals surface area contributed by atoms with E-state index in [9.17, 15) is 14.4 Å². The van der Waals surface area contributed by atoms with Gasteiger partial charge < -0.3 is 10.1 Å². The molecule has 1 aromatic carbocycles. The fourth-order valence-corrected chi connectivity index (χ4v) is 2.53. The molecule has 1 heterocycles. The van der Waals surface area contributed by atoms with Crippen LogP contribution < -0.4 is 5.32 Å². The van der Waals surface area contributed by atoms with Crippen LogP contribution in [0.25, 0.3) is 0 Å². The molecule has 0 fully saturated rings. The number of nitrogens with one attached hydrogen (secondary N) is 1. The van der Waals surface area contributed by atoms with Gasteiger partial charge in [0.05, 0.1) is 4.88 Å². The van der Waals surface area contributed by atoms with E-state index >= 15 is 0 Å². The summed E-state index contributed by atoms with van der Waals surface area (Å²) in [5.41, 5.74) is 1.60. The van der Waals surface area contributed by atoms with Gasteiger partial charge in [0.15, 0.2) is 12.4 Å². The van der Waals surface area contributed by atoms with Gasteiger partial charge in [-0.15, -0.1) is 11.3 Å². The van der Waals surface area contributed by atoms with Crippen molar-refractivity contribution in [3.63, 3.8) is 0 Å². The second-order valence-corrected chi connectivity index (χ2v) is 5.74. The second kappa shape index (κ2) is 7.00. The van der Waals surface area contributed by atoms with E-state index in [1.165, 1.54) is 13.0 Å². The highest BCUT2D eigenvalue weighted by molar-refractivity contribution is 7.15. The van der Waals surface area contributed by atoms with Crippen molar-refractivity contribution in [2.45, 2.75) is 13.8 Å². The highest BCUT2D eigenvalue weighted by Gasteiger charge is 2.14. The number of rotatable bonds is 5. The standard InChI is InChI=1S/C16H15NO4S/c1-10-5-3-4-6-12(10)17-15(19)9-21-16(20)14-8-7-13(22-14)11(2)18/h3-8H,9H2,1-2H3,(H,17,19). The molecule has 5 nitrogen and oxygen atoms in total. The summed E-state index contributed by atoms with van der Waals surface area (Å²) in [6, 6.07) is 10.4. The van der Waals surface area contributed by atoms with Gasteiger partial charge in [-0.2, -0.15) is 0 Å². The Balaban J connectivity index is 1.89. The van der Waals surface area contributed by atoms with Crippen LogP contribution in [0, 0.1) is 6.92 Å². The maximum atomic E-state index is 11.8. The highest BCUT2D eigenvalue weighted by atomic mass is 32.1. The Kier molecular flexibility index (Phi) is 5.06. The molecule has 0 aliphatic carbocycles. The minimum absolute atomic E-state index is 0.110. The van der Waals surface area contributed by atoms with E-state index in [4.69, 9.17) is 4.74 Å². The number of amides is 1. The summed E-state index contributed by atoms with van der Waals surface area (Å²) in [6.45, 7) is 2.92. The number of para-hydroxylation sites is 1. The lowest BCUT2D eigenvalue weighted by Crippen LogP contribution is -2.21. The molecule has 22 heavy (non-hydrogen) atoms. The Morgan fingerprint density at radius 1 is 1.09 bits per heavy atom. The quantitative estimate of drug-likeness (QED) is 0.679. The minimum Gasteiger partial charge on any atom is -0.451 e. The molecule has 0 unspecified atom stereocenters. The summed E-state index contributed by atoms with van der Waals surface area (Å²) in [5.74, 6) is -1.13. The zero-order chi connectivity index (χ0) is 16.1. The summed E-state index contributed by atoms with van der Waals surface area (Å²) >= 11 is 1.05. The average Bonchev–Trinajstić information content (AvgIpc) is 2.97. The van der Waals surface area contributed by atoms with Crippen LogP contribution in [-0.4, -0.2) is 24.3 Å². The van der Waals surface area contributed by atoms with Crippen LogP contribution in [0.5, 0.6) is 0 Å². The molecule has 0 bridgehead atoms. The van der Waals surface area contributed by atoms with Crippen LogP contribution in [0.2, 0.25) is 0 Å². The third-order valence-corrected chi connectivity index (χ3v) is 4.07. The number of carbonyl (C=O) groups is 3. The molecular formula is C16H15NO4S. The van der Waals surface area contributed by atoms with E-state index in [1.807, 2.05) is 25.1 Å². The molecule has 1 amide bonds. The number of ether oxygens (including phenoxy) is 1. The van der Waals surface area contributed by atoms with Gasteiger partial charge in [0.1, 0.15) is 4.88 Å². The molecule has 1 aromatic heterocycles. The van der Waals surface area contributed by atoms with Gasteiger partial charge >= 0.3 is 5.97 Å². The smallest absolute Gasteiger partial charge is 0.348 e. The fraction of sp³-hybridized carbons (Fsp3) is 0.188. The van der Waals surface area contributed by atoms with Crippen LogP contribution >= 0.6 is 11.3 Å². The van der Waals surface area contributed by atoms with Crippen molar-refractivity contribution in [3.8, 4) is 0 Å². The summed E-state index contributed by atoms with van der Waals surface area (Å²) in [5, 5.41) is 2.67. The lowest BCUT2D eigenvalue weighted by atomic mass is 10.2. The molecule has 0 spiro atoms. The zero-order valence-corrected chi connectivity index (χ0v) is 13.0. The number of aryl methyl sites for hydroxylation is 1. The molecule has 0 atom stereocenters. The zero-order valence-electron chi connectivity index (χ0n) is 12.2. The van der Waals surface area contributed by atoms with E-state index < -0.39 is 11.9 Å². The van der Waals surface area contributed by atoms with E-state index in [2.05, 4.69) is 5.32 Å². The Labute approximate surface area is 131 Å².